The average Bonchev–Trinajstić information content (AvgIpc) is 3.70. The van der Waals surface area contributed by atoms with Gasteiger partial charge in [-0.15, -0.1) is 16.4 Å². The van der Waals surface area contributed by atoms with E-state index in [-0.39, 0.29) is 36.3 Å². The lowest BCUT2D eigenvalue weighted by atomic mass is 10.0. The van der Waals surface area contributed by atoms with Gasteiger partial charge in [0.25, 0.3) is 10.0 Å². The quantitative estimate of drug-likeness (QED) is 0.141. The van der Waals surface area contributed by atoms with Crippen molar-refractivity contribution in [2.24, 2.45) is 5.14 Å². The minimum absolute atomic E-state index is 0.0242. The molecule has 0 saturated carbocycles. The minimum Gasteiger partial charge on any atom is -0.508 e. The molecular weight excluding hydrogens is 674 g/mol. The van der Waals surface area contributed by atoms with Gasteiger partial charge in [-0.3, -0.25) is 4.79 Å². The Labute approximate surface area is 277 Å². The SMILES string of the molecule is CCOC(=O)C(Cc1ccc(C(F)(F)F)cc1)NCC(Cc1ccc(O)cc1)n1cc(COc2ccc3sc(S(N)(=O)=O)nc3c2)nn1. The number of hydrogen-bond acceptors (Lipinski definition) is 11. The number of thiazole rings is 1. The molecule has 48 heavy (non-hydrogen) atoms. The summed E-state index contributed by atoms with van der Waals surface area (Å²) in [6, 6.07) is 14.9. The van der Waals surface area contributed by atoms with E-state index in [1.165, 1.54) is 12.1 Å². The fraction of sp³-hybridized carbons (Fsp3) is 0.290. The molecule has 2 unspecified atom stereocenters. The average molecular weight is 705 g/mol. The van der Waals surface area contributed by atoms with E-state index >= 15 is 0 Å². The minimum atomic E-state index is -4.48. The first-order valence-electron chi connectivity index (χ1n) is 14.6. The van der Waals surface area contributed by atoms with E-state index in [0.717, 1.165) is 29.0 Å². The van der Waals surface area contributed by atoms with Crippen molar-refractivity contribution in [2.75, 3.05) is 13.2 Å². The van der Waals surface area contributed by atoms with Crippen molar-refractivity contribution >= 4 is 37.5 Å². The van der Waals surface area contributed by atoms with Gasteiger partial charge in [0.05, 0.1) is 34.6 Å². The van der Waals surface area contributed by atoms with E-state index < -0.39 is 39.8 Å². The maximum atomic E-state index is 13.1. The lowest BCUT2D eigenvalue weighted by Gasteiger charge is -2.23. The number of fused-ring (bicyclic) bond motifs is 1. The number of carbonyl (C=O) groups is 1. The first-order valence-corrected chi connectivity index (χ1v) is 17.0. The number of nitrogens with one attached hydrogen (secondary N) is 1. The Bertz CT molecular complexity index is 1970. The molecule has 0 aliphatic heterocycles. The van der Waals surface area contributed by atoms with Crippen LogP contribution in [0.4, 0.5) is 13.2 Å². The fourth-order valence-electron chi connectivity index (χ4n) is 4.80. The number of ether oxygens (including phenoxy) is 2. The van der Waals surface area contributed by atoms with E-state index in [9.17, 15) is 31.5 Å². The number of phenolic OH excluding ortho intramolecular Hbond substituents is 1. The highest BCUT2D eigenvalue weighted by molar-refractivity contribution is 7.91. The third-order valence-electron chi connectivity index (χ3n) is 7.20. The lowest BCUT2D eigenvalue weighted by Crippen LogP contribution is -2.43. The highest BCUT2D eigenvalue weighted by Crippen LogP contribution is 2.30. The van der Waals surface area contributed by atoms with E-state index in [2.05, 4.69) is 20.6 Å². The monoisotopic (exact) mass is 704 g/mol. The number of alkyl halides is 3. The van der Waals surface area contributed by atoms with Crippen molar-refractivity contribution in [1.29, 1.82) is 0 Å². The molecule has 2 atom stereocenters. The summed E-state index contributed by atoms with van der Waals surface area (Å²) in [6.07, 6.45) is -2.29. The van der Waals surface area contributed by atoms with E-state index in [1.807, 2.05) is 0 Å². The van der Waals surface area contributed by atoms with Gasteiger partial charge in [0, 0.05) is 12.6 Å². The number of halogens is 3. The van der Waals surface area contributed by atoms with Crippen molar-refractivity contribution in [3.05, 3.63) is 95.3 Å². The number of rotatable bonds is 14. The zero-order valence-corrected chi connectivity index (χ0v) is 27.1. The molecule has 3 aromatic carbocycles. The summed E-state index contributed by atoms with van der Waals surface area (Å²) in [5.41, 5.74) is 1.48. The van der Waals surface area contributed by atoms with Crippen molar-refractivity contribution in [1.82, 2.24) is 25.3 Å². The normalized spacial score (nSPS) is 13.4. The summed E-state index contributed by atoms with van der Waals surface area (Å²) in [5.74, 6) is -0.0304. The Morgan fingerprint density at radius 3 is 2.42 bits per heavy atom. The first kappa shape index (κ1) is 34.7. The van der Waals surface area contributed by atoms with Gasteiger partial charge in [0.1, 0.15) is 29.8 Å². The second-order valence-electron chi connectivity index (χ2n) is 10.8. The molecule has 0 spiro atoms. The molecule has 5 aromatic rings. The van der Waals surface area contributed by atoms with Crippen LogP contribution >= 0.6 is 11.3 Å². The van der Waals surface area contributed by atoms with Crippen LogP contribution in [0.2, 0.25) is 0 Å². The van der Waals surface area contributed by atoms with Gasteiger partial charge in [0.15, 0.2) is 0 Å². The highest BCUT2D eigenvalue weighted by atomic mass is 32.2. The Morgan fingerprint density at radius 2 is 1.75 bits per heavy atom. The van der Waals surface area contributed by atoms with Gasteiger partial charge in [-0.1, -0.05) is 29.5 Å². The molecule has 254 valence electrons. The Kier molecular flexibility index (Phi) is 10.6. The van der Waals surface area contributed by atoms with Crippen LogP contribution in [0.1, 0.15) is 35.3 Å². The van der Waals surface area contributed by atoms with Gasteiger partial charge >= 0.3 is 12.1 Å². The van der Waals surface area contributed by atoms with E-state index in [1.54, 1.807) is 60.3 Å². The van der Waals surface area contributed by atoms with Crippen molar-refractivity contribution in [3.8, 4) is 11.5 Å². The molecule has 2 heterocycles. The molecule has 0 bridgehead atoms. The zero-order valence-electron chi connectivity index (χ0n) is 25.4. The maximum absolute atomic E-state index is 13.1. The smallest absolute Gasteiger partial charge is 0.416 e. The number of sulfonamides is 1. The fourth-order valence-corrected chi connectivity index (χ4v) is 6.44. The van der Waals surface area contributed by atoms with Gasteiger partial charge in [-0.05, 0) is 67.3 Å². The Hall–Kier alpha value is -4.58. The standard InChI is InChI=1S/C31H31F3N6O6S2/c1-2-45-29(42)27(14-20-3-7-21(8-4-20)31(32,33)34)36-16-23(13-19-5-9-24(41)10-6-19)40-17-22(38-39-40)18-46-25-11-12-28-26(15-25)37-30(47-28)48(35,43)44/h3-12,15,17,23,27,36,41H,2,13-14,16,18H2,1H3,(H2,35,43,44). The maximum Gasteiger partial charge on any atom is 0.416 e. The molecule has 5 rings (SSSR count). The number of nitrogens with two attached hydrogens (primary N) is 1. The number of nitrogens with zero attached hydrogens (tertiary/aromatic N) is 4. The predicted molar refractivity (Wildman–Crippen MR) is 170 cm³/mol. The third-order valence-corrected chi connectivity index (χ3v) is 9.56. The molecular formula is C31H31F3N6O6S2. The Balaban J connectivity index is 1.31. The number of aromatic hydroxyl groups is 1. The summed E-state index contributed by atoms with van der Waals surface area (Å²) < 4.78 is 75.7. The summed E-state index contributed by atoms with van der Waals surface area (Å²) >= 11 is 0.953. The molecule has 4 N–H and O–H groups in total. The topological polar surface area (TPSA) is 172 Å². The number of esters is 1. The first-order chi connectivity index (χ1) is 22.8. The Morgan fingerprint density at radius 1 is 1.06 bits per heavy atom. The van der Waals surface area contributed by atoms with Crippen LogP contribution in [0.15, 0.2) is 77.3 Å². The van der Waals surface area contributed by atoms with Crippen molar-refractivity contribution in [3.63, 3.8) is 0 Å². The van der Waals surface area contributed by atoms with Crippen LogP contribution in [0.25, 0.3) is 10.2 Å². The number of carbonyl (C=O) groups excluding carboxylic acids is 1. The number of benzene rings is 3. The molecule has 12 nitrogen and oxygen atoms in total. The summed E-state index contributed by atoms with van der Waals surface area (Å²) in [4.78, 5) is 17.0. The molecule has 0 saturated heterocycles. The lowest BCUT2D eigenvalue weighted by molar-refractivity contribution is -0.145. The second-order valence-corrected chi connectivity index (χ2v) is 13.5. The number of phenols is 1. The number of aromatic nitrogens is 4. The molecule has 0 fully saturated rings. The summed E-state index contributed by atoms with van der Waals surface area (Å²) in [7, 11) is -3.94. The molecule has 17 heteroatoms. The van der Waals surface area contributed by atoms with Gasteiger partial charge in [-0.2, -0.15) is 13.2 Å². The van der Waals surface area contributed by atoms with Crippen LogP contribution < -0.4 is 15.2 Å². The zero-order chi connectivity index (χ0) is 34.5. The predicted octanol–water partition coefficient (Wildman–Crippen LogP) is 4.39. The molecule has 0 aliphatic rings. The van der Waals surface area contributed by atoms with E-state index in [0.29, 0.717) is 33.6 Å². The summed E-state index contributed by atoms with van der Waals surface area (Å²) in [5, 5.41) is 26.6. The number of primary sulfonamides is 1. The van der Waals surface area contributed by atoms with Crippen molar-refractivity contribution in [2.45, 2.75) is 49.0 Å². The van der Waals surface area contributed by atoms with Gasteiger partial charge in [-0.25, -0.2) is 23.2 Å². The largest absolute Gasteiger partial charge is 0.508 e. The highest BCUT2D eigenvalue weighted by Gasteiger charge is 2.30. The molecule has 0 aliphatic carbocycles. The van der Waals surface area contributed by atoms with Crippen LogP contribution in [-0.2, 0) is 45.2 Å². The molecule has 2 aromatic heterocycles. The van der Waals surface area contributed by atoms with Crippen LogP contribution in [0.3, 0.4) is 0 Å². The van der Waals surface area contributed by atoms with Gasteiger partial charge < -0.3 is 19.9 Å². The van der Waals surface area contributed by atoms with E-state index in [4.69, 9.17) is 14.6 Å². The molecule has 0 radical (unpaired) electrons. The van der Waals surface area contributed by atoms with Crippen LogP contribution in [-0.4, -0.2) is 58.7 Å². The van der Waals surface area contributed by atoms with Crippen LogP contribution in [0.5, 0.6) is 11.5 Å². The summed E-state index contributed by atoms with van der Waals surface area (Å²) in [6.45, 7) is 2.00. The molecule has 0 amide bonds. The third kappa shape index (κ3) is 9.06. The van der Waals surface area contributed by atoms with Crippen LogP contribution in [0, 0.1) is 0 Å². The van der Waals surface area contributed by atoms with Crippen molar-refractivity contribution < 1.29 is 41.0 Å². The number of hydrogen-bond donors (Lipinski definition) is 3. The van der Waals surface area contributed by atoms with Gasteiger partial charge in [0.2, 0.25) is 4.34 Å². The second kappa shape index (κ2) is 14.7.